The third-order valence-corrected chi connectivity index (χ3v) is 3.91. The minimum Gasteiger partial charge on any atom is -0.357 e. The molecule has 1 aliphatic carbocycles. The summed E-state index contributed by atoms with van der Waals surface area (Å²) in [5.41, 5.74) is 0. The topological polar surface area (TPSA) is 56.7 Å². The molecule has 114 valence electrons. The second-order valence-electron chi connectivity index (χ2n) is 5.99. The molecule has 1 saturated carbocycles. The van der Waals surface area contributed by atoms with Crippen LogP contribution in [0.25, 0.3) is 0 Å². The summed E-state index contributed by atoms with van der Waals surface area (Å²) in [6.45, 7) is 8.76. The van der Waals surface area contributed by atoms with Gasteiger partial charge in [-0.2, -0.15) is 0 Å². The van der Waals surface area contributed by atoms with Gasteiger partial charge in [0.25, 0.3) is 0 Å². The van der Waals surface area contributed by atoms with Gasteiger partial charge in [0.05, 0.1) is 6.54 Å². The van der Waals surface area contributed by atoms with E-state index < -0.39 is 0 Å². The van der Waals surface area contributed by atoms with Crippen molar-refractivity contribution in [3.63, 3.8) is 0 Å². The van der Waals surface area contributed by atoms with Crippen LogP contribution in [-0.2, 0) is 4.79 Å². The van der Waals surface area contributed by atoms with Crippen LogP contribution in [-0.4, -0.2) is 49.5 Å². The maximum absolute atomic E-state index is 11.5. The van der Waals surface area contributed by atoms with Crippen LogP contribution in [0.2, 0.25) is 0 Å². The minimum atomic E-state index is 0.205. The van der Waals surface area contributed by atoms with Gasteiger partial charge in [0.15, 0.2) is 5.96 Å². The van der Waals surface area contributed by atoms with Crippen LogP contribution in [0, 0.1) is 11.8 Å². The van der Waals surface area contributed by atoms with Gasteiger partial charge in [-0.1, -0.05) is 6.92 Å². The Morgan fingerprint density at radius 3 is 2.75 bits per heavy atom. The van der Waals surface area contributed by atoms with Gasteiger partial charge in [-0.25, -0.2) is 0 Å². The van der Waals surface area contributed by atoms with Crippen molar-refractivity contribution in [1.82, 2.24) is 15.5 Å². The lowest BCUT2D eigenvalue weighted by molar-refractivity contribution is -0.122. The van der Waals surface area contributed by atoms with Gasteiger partial charge in [-0.3, -0.25) is 9.79 Å². The van der Waals surface area contributed by atoms with E-state index in [1.807, 2.05) is 0 Å². The molecular weight excluding hydrogens is 252 g/mol. The highest BCUT2D eigenvalue weighted by Gasteiger charge is 2.29. The van der Waals surface area contributed by atoms with Crippen LogP contribution < -0.4 is 10.6 Å². The normalized spacial score (nSPS) is 23.6. The van der Waals surface area contributed by atoms with E-state index in [0.717, 1.165) is 44.4 Å². The first kappa shape index (κ1) is 15.1. The van der Waals surface area contributed by atoms with E-state index in [4.69, 9.17) is 0 Å². The Balaban J connectivity index is 1.76. The molecule has 0 bridgehead atoms. The molecule has 2 rings (SSSR count). The number of carbonyl (C=O) groups excluding carboxylic acids is 1. The van der Waals surface area contributed by atoms with Crippen molar-refractivity contribution in [3.05, 3.63) is 0 Å². The molecule has 0 spiro atoms. The molecule has 5 nitrogen and oxygen atoms in total. The summed E-state index contributed by atoms with van der Waals surface area (Å²) < 4.78 is 0. The largest absolute Gasteiger partial charge is 0.357 e. The average molecular weight is 280 g/mol. The van der Waals surface area contributed by atoms with Crippen LogP contribution in [0.3, 0.4) is 0 Å². The lowest BCUT2D eigenvalue weighted by Crippen LogP contribution is -2.46. The van der Waals surface area contributed by atoms with Crippen LogP contribution in [0.15, 0.2) is 4.99 Å². The molecular formula is C15H28N4O. The van der Waals surface area contributed by atoms with Crippen molar-refractivity contribution >= 4 is 11.9 Å². The molecule has 2 aliphatic rings. The summed E-state index contributed by atoms with van der Waals surface area (Å²) in [6.07, 6.45) is 4.67. The molecule has 2 N–H and O–H groups in total. The van der Waals surface area contributed by atoms with E-state index >= 15 is 0 Å². The maximum Gasteiger partial charge on any atom is 0.223 e. The SMILES string of the molecule is CCNC(=NCCNC(=O)C1CC1)N1CCCC(C)C1. The van der Waals surface area contributed by atoms with Gasteiger partial charge in [0.2, 0.25) is 5.91 Å². The maximum atomic E-state index is 11.5. The van der Waals surface area contributed by atoms with E-state index in [0.29, 0.717) is 13.1 Å². The lowest BCUT2D eigenvalue weighted by Gasteiger charge is -2.33. The number of guanidine groups is 1. The van der Waals surface area contributed by atoms with Crippen LogP contribution in [0.4, 0.5) is 0 Å². The molecule has 1 amide bonds. The number of nitrogens with zero attached hydrogens (tertiary/aromatic N) is 2. The van der Waals surface area contributed by atoms with E-state index in [-0.39, 0.29) is 11.8 Å². The molecule has 1 heterocycles. The quantitative estimate of drug-likeness (QED) is 0.452. The second kappa shape index (κ2) is 7.50. The Kier molecular flexibility index (Phi) is 5.68. The smallest absolute Gasteiger partial charge is 0.223 e. The number of likely N-dealkylation sites (tertiary alicyclic amines) is 1. The first-order chi connectivity index (χ1) is 9.70. The Hall–Kier alpha value is -1.26. The number of aliphatic imine (C=N–C) groups is 1. The average Bonchev–Trinajstić information content (AvgIpc) is 3.26. The summed E-state index contributed by atoms with van der Waals surface area (Å²) in [6, 6.07) is 0. The third-order valence-electron chi connectivity index (χ3n) is 3.91. The molecule has 1 aliphatic heterocycles. The summed E-state index contributed by atoms with van der Waals surface area (Å²) in [4.78, 5) is 18.5. The molecule has 5 heteroatoms. The van der Waals surface area contributed by atoms with Crippen molar-refractivity contribution in [3.8, 4) is 0 Å². The molecule has 0 aromatic rings. The Bertz CT molecular complexity index is 352. The van der Waals surface area contributed by atoms with E-state index in [1.54, 1.807) is 0 Å². The lowest BCUT2D eigenvalue weighted by atomic mass is 10.0. The molecule has 2 fully saturated rings. The van der Waals surface area contributed by atoms with Gasteiger partial charge in [0.1, 0.15) is 0 Å². The van der Waals surface area contributed by atoms with Gasteiger partial charge in [-0.15, -0.1) is 0 Å². The molecule has 1 saturated heterocycles. The van der Waals surface area contributed by atoms with E-state index in [1.165, 1.54) is 12.8 Å². The van der Waals surface area contributed by atoms with Crippen LogP contribution in [0.5, 0.6) is 0 Å². The number of nitrogens with one attached hydrogen (secondary N) is 2. The van der Waals surface area contributed by atoms with Crippen molar-refractivity contribution in [2.75, 3.05) is 32.7 Å². The van der Waals surface area contributed by atoms with Crippen LogP contribution in [0.1, 0.15) is 39.5 Å². The summed E-state index contributed by atoms with van der Waals surface area (Å²) >= 11 is 0. The fraction of sp³-hybridized carbons (Fsp3) is 0.867. The number of amides is 1. The number of piperidine rings is 1. The summed E-state index contributed by atoms with van der Waals surface area (Å²) in [7, 11) is 0. The fourth-order valence-electron chi connectivity index (χ4n) is 2.64. The number of rotatable bonds is 5. The number of hydrogen-bond acceptors (Lipinski definition) is 2. The highest BCUT2D eigenvalue weighted by molar-refractivity contribution is 5.81. The number of hydrogen-bond donors (Lipinski definition) is 2. The predicted octanol–water partition coefficient (Wildman–Crippen LogP) is 1.21. The highest BCUT2D eigenvalue weighted by atomic mass is 16.2. The van der Waals surface area contributed by atoms with Crippen molar-refractivity contribution in [2.45, 2.75) is 39.5 Å². The van der Waals surface area contributed by atoms with Crippen molar-refractivity contribution < 1.29 is 4.79 Å². The fourth-order valence-corrected chi connectivity index (χ4v) is 2.64. The Morgan fingerprint density at radius 2 is 2.10 bits per heavy atom. The Morgan fingerprint density at radius 1 is 1.30 bits per heavy atom. The second-order valence-corrected chi connectivity index (χ2v) is 5.99. The van der Waals surface area contributed by atoms with Gasteiger partial charge >= 0.3 is 0 Å². The zero-order valence-corrected chi connectivity index (χ0v) is 12.8. The first-order valence-corrected chi connectivity index (χ1v) is 8.01. The summed E-state index contributed by atoms with van der Waals surface area (Å²) in [5, 5.41) is 6.32. The number of carbonyl (C=O) groups is 1. The Labute approximate surface area is 122 Å². The first-order valence-electron chi connectivity index (χ1n) is 8.01. The third kappa shape index (κ3) is 4.69. The highest BCUT2D eigenvalue weighted by Crippen LogP contribution is 2.28. The molecule has 1 atom stereocenters. The van der Waals surface area contributed by atoms with Crippen molar-refractivity contribution in [2.24, 2.45) is 16.8 Å². The van der Waals surface area contributed by atoms with Gasteiger partial charge in [-0.05, 0) is 38.5 Å². The molecule has 20 heavy (non-hydrogen) atoms. The molecule has 0 aromatic carbocycles. The standard InChI is InChI=1S/C15H28N4O/c1-3-16-15(19-10-4-5-12(2)11-19)18-9-8-17-14(20)13-6-7-13/h12-13H,3-11H2,1-2H3,(H,16,18)(H,17,20). The summed E-state index contributed by atoms with van der Waals surface area (Å²) in [5.74, 6) is 2.23. The monoisotopic (exact) mass is 280 g/mol. The van der Waals surface area contributed by atoms with Gasteiger partial charge < -0.3 is 15.5 Å². The van der Waals surface area contributed by atoms with Crippen molar-refractivity contribution in [1.29, 1.82) is 0 Å². The van der Waals surface area contributed by atoms with E-state index in [9.17, 15) is 4.79 Å². The van der Waals surface area contributed by atoms with Gasteiger partial charge in [0, 0.05) is 32.1 Å². The predicted molar refractivity (Wildman–Crippen MR) is 81.7 cm³/mol. The molecule has 0 aromatic heterocycles. The zero-order valence-electron chi connectivity index (χ0n) is 12.8. The molecule has 1 unspecified atom stereocenters. The minimum absolute atomic E-state index is 0.205. The van der Waals surface area contributed by atoms with E-state index in [2.05, 4.69) is 34.4 Å². The van der Waals surface area contributed by atoms with Crippen LogP contribution >= 0.6 is 0 Å². The zero-order chi connectivity index (χ0) is 14.4. The molecule has 0 radical (unpaired) electrons.